The van der Waals surface area contributed by atoms with Gasteiger partial charge in [0.05, 0.1) is 12.2 Å². The van der Waals surface area contributed by atoms with Crippen LogP contribution in [0.4, 0.5) is 4.79 Å². The van der Waals surface area contributed by atoms with E-state index in [2.05, 4.69) is 48.6 Å². The molecule has 0 spiro atoms. The summed E-state index contributed by atoms with van der Waals surface area (Å²) in [5.41, 5.74) is 0.272. The Balaban J connectivity index is 1.51. The molecule has 1 heterocycles. The van der Waals surface area contributed by atoms with Crippen molar-refractivity contribution >= 4 is 16.8 Å². The molecular weight excluding hydrogens is 328 g/mol. The molecule has 1 atom stereocenters. The first-order chi connectivity index (χ1) is 12.5. The van der Waals surface area contributed by atoms with E-state index in [9.17, 15) is 15.0 Å². The lowest BCUT2D eigenvalue weighted by molar-refractivity contribution is -0.0526. The number of amides is 2. The Morgan fingerprint density at radius 3 is 2.62 bits per heavy atom. The number of carbonyl (C=O) groups excluding carboxylic acids is 1. The van der Waals surface area contributed by atoms with E-state index in [0.717, 1.165) is 6.42 Å². The summed E-state index contributed by atoms with van der Waals surface area (Å²) >= 11 is 0. The van der Waals surface area contributed by atoms with Gasteiger partial charge in [-0.05, 0) is 41.5 Å². The number of nitrogens with one attached hydrogen (secondary N) is 1. The van der Waals surface area contributed by atoms with Gasteiger partial charge >= 0.3 is 6.03 Å². The van der Waals surface area contributed by atoms with Gasteiger partial charge in [0.15, 0.2) is 0 Å². The van der Waals surface area contributed by atoms with E-state index in [0.29, 0.717) is 38.4 Å². The Hall–Kier alpha value is -2.11. The van der Waals surface area contributed by atoms with Crippen molar-refractivity contribution in [1.29, 1.82) is 0 Å². The van der Waals surface area contributed by atoms with Crippen molar-refractivity contribution in [2.24, 2.45) is 5.92 Å². The SMILES string of the molecule is CC(CNC(=O)N1CCC(O)(CO)CC1)Cc1cccc2ccccc12. The first-order valence-corrected chi connectivity index (χ1v) is 9.33. The van der Waals surface area contributed by atoms with Crippen LogP contribution in [0.2, 0.25) is 0 Å². The molecule has 0 radical (unpaired) electrons. The molecule has 140 valence electrons. The van der Waals surface area contributed by atoms with E-state index >= 15 is 0 Å². The molecule has 2 aromatic carbocycles. The molecule has 5 heteroatoms. The zero-order valence-corrected chi connectivity index (χ0v) is 15.3. The van der Waals surface area contributed by atoms with Crippen LogP contribution < -0.4 is 5.32 Å². The zero-order chi connectivity index (χ0) is 18.6. The predicted octanol–water partition coefficient (Wildman–Crippen LogP) is 2.55. The van der Waals surface area contributed by atoms with Crippen LogP contribution in [0.5, 0.6) is 0 Å². The van der Waals surface area contributed by atoms with Gasteiger partial charge in [-0.1, -0.05) is 49.4 Å². The highest BCUT2D eigenvalue weighted by atomic mass is 16.3. The molecule has 1 aliphatic rings. The maximum Gasteiger partial charge on any atom is 0.317 e. The molecule has 3 rings (SSSR count). The second kappa shape index (κ2) is 8.06. The fourth-order valence-electron chi connectivity index (χ4n) is 3.58. The van der Waals surface area contributed by atoms with Crippen LogP contribution in [0, 0.1) is 5.92 Å². The fourth-order valence-corrected chi connectivity index (χ4v) is 3.58. The predicted molar refractivity (Wildman–Crippen MR) is 103 cm³/mol. The lowest BCUT2D eigenvalue weighted by atomic mass is 9.92. The number of fused-ring (bicyclic) bond motifs is 1. The Kier molecular flexibility index (Phi) is 5.79. The summed E-state index contributed by atoms with van der Waals surface area (Å²) in [6.45, 7) is 3.46. The maximum absolute atomic E-state index is 12.3. The van der Waals surface area contributed by atoms with E-state index in [-0.39, 0.29) is 12.6 Å². The van der Waals surface area contributed by atoms with Gasteiger partial charge in [-0.15, -0.1) is 0 Å². The van der Waals surface area contributed by atoms with E-state index in [1.54, 1.807) is 4.90 Å². The lowest BCUT2D eigenvalue weighted by Gasteiger charge is -2.37. The highest BCUT2D eigenvalue weighted by molar-refractivity contribution is 5.85. The van der Waals surface area contributed by atoms with Crippen molar-refractivity contribution in [3.05, 3.63) is 48.0 Å². The van der Waals surface area contributed by atoms with Crippen molar-refractivity contribution in [2.75, 3.05) is 26.2 Å². The van der Waals surface area contributed by atoms with Crippen molar-refractivity contribution < 1.29 is 15.0 Å². The van der Waals surface area contributed by atoms with Crippen LogP contribution in [0.1, 0.15) is 25.3 Å². The molecule has 1 aliphatic heterocycles. The topological polar surface area (TPSA) is 72.8 Å². The number of hydrogen-bond donors (Lipinski definition) is 3. The van der Waals surface area contributed by atoms with Gasteiger partial charge in [0.1, 0.15) is 0 Å². The Morgan fingerprint density at radius 1 is 1.19 bits per heavy atom. The van der Waals surface area contributed by atoms with Gasteiger partial charge in [-0.25, -0.2) is 4.79 Å². The molecule has 1 unspecified atom stereocenters. The minimum absolute atomic E-state index is 0.0882. The molecule has 1 fully saturated rings. The van der Waals surface area contributed by atoms with Gasteiger partial charge in [0.2, 0.25) is 0 Å². The molecule has 0 bridgehead atoms. The van der Waals surface area contributed by atoms with Gasteiger partial charge in [-0.2, -0.15) is 0 Å². The van der Waals surface area contributed by atoms with Crippen LogP contribution in [-0.2, 0) is 6.42 Å². The molecule has 2 amide bonds. The number of benzene rings is 2. The largest absolute Gasteiger partial charge is 0.393 e. The monoisotopic (exact) mass is 356 g/mol. The molecule has 5 nitrogen and oxygen atoms in total. The van der Waals surface area contributed by atoms with Crippen LogP contribution in [0.3, 0.4) is 0 Å². The number of piperidine rings is 1. The van der Waals surface area contributed by atoms with Gasteiger partial charge in [0.25, 0.3) is 0 Å². The molecule has 0 aromatic heterocycles. The second-order valence-corrected chi connectivity index (χ2v) is 7.50. The van der Waals surface area contributed by atoms with Crippen LogP contribution >= 0.6 is 0 Å². The minimum Gasteiger partial charge on any atom is -0.393 e. The number of urea groups is 1. The Bertz CT molecular complexity index is 749. The molecule has 0 aliphatic carbocycles. The van der Waals surface area contributed by atoms with Crippen molar-refractivity contribution in [1.82, 2.24) is 10.2 Å². The van der Waals surface area contributed by atoms with Crippen molar-refractivity contribution in [2.45, 2.75) is 31.8 Å². The summed E-state index contributed by atoms with van der Waals surface area (Å²) < 4.78 is 0. The summed E-state index contributed by atoms with van der Waals surface area (Å²) in [5, 5.41) is 24.8. The first kappa shape index (κ1) is 18.7. The number of carbonyl (C=O) groups is 1. The quantitative estimate of drug-likeness (QED) is 0.771. The number of nitrogens with zero attached hydrogens (tertiary/aromatic N) is 1. The van der Waals surface area contributed by atoms with Crippen LogP contribution in [0.15, 0.2) is 42.5 Å². The number of likely N-dealkylation sites (tertiary alicyclic amines) is 1. The summed E-state index contributed by atoms with van der Waals surface area (Å²) in [4.78, 5) is 14.1. The highest BCUT2D eigenvalue weighted by Gasteiger charge is 2.33. The summed E-state index contributed by atoms with van der Waals surface area (Å²) in [7, 11) is 0. The van der Waals surface area contributed by atoms with Crippen LogP contribution in [0.25, 0.3) is 10.8 Å². The summed E-state index contributed by atoms with van der Waals surface area (Å²) in [6.07, 6.45) is 1.75. The molecule has 26 heavy (non-hydrogen) atoms. The molecule has 2 aromatic rings. The van der Waals surface area contributed by atoms with Gasteiger partial charge in [0, 0.05) is 19.6 Å². The molecule has 1 saturated heterocycles. The summed E-state index contributed by atoms with van der Waals surface area (Å²) in [6, 6.07) is 14.6. The smallest absolute Gasteiger partial charge is 0.317 e. The lowest BCUT2D eigenvalue weighted by Crippen LogP contribution is -2.51. The van der Waals surface area contributed by atoms with Crippen molar-refractivity contribution in [3.63, 3.8) is 0 Å². The molecule has 3 N–H and O–H groups in total. The second-order valence-electron chi connectivity index (χ2n) is 7.50. The number of aliphatic hydroxyl groups excluding tert-OH is 1. The highest BCUT2D eigenvalue weighted by Crippen LogP contribution is 2.22. The van der Waals surface area contributed by atoms with Crippen LogP contribution in [-0.4, -0.2) is 53.0 Å². The maximum atomic E-state index is 12.3. The zero-order valence-electron chi connectivity index (χ0n) is 15.3. The first-order valence-electron chi connectivity index (χ1n) is 9.33. The van der Waals surface area contributed by atoms with E-state index < -0.39 is 5.60 Å². The molecular formula is C21H28N2O3. The minimum atomic E-state index is -1.03. The van der Waals surface area contributed by atoms with Gasteiger partial charge < -0.3 is 20.4 Å². The third-order valence-electron chi connectivity index (χ3n) is 5.33. The van der Waals surface area contributed by atoms with Gasteiger partial charge in [-0.3, -0.25) is 0 Å². The summed E-state index contributed by atoms with van der Waals surface area (Å²) in [5.74, 6) is 0.323. The number of hydrogen-bond acceptors (Lipinski definition) is 3. The third kappa shape index (κ3) is 4.34. The standard InChI is InChI=1S/C21H28N2O3/c1-16(13-18-7-4-6-17-5-2-3-8-19(17)18)14-22-20(25)23-11-9-21(26,15-24)10-12-23/h2-8,16,24,26H,9-15H2,1H3,(H,22,25). The average molecular weight is 356 g/mol. The van der Waals surface area contributed by atoms with Crippen molar-refractivity contribution in [3.8, 4) is 0 Å². The third-order valence-corrected chi connectivity index (χ3v) is 5.33. The van der Waals surface area contributed by atoms with E-state index in [1.165, 1.54) is 16.3 Å². The fraction of sp³-hybridized carbons (Fsp3) is 0.476. The number of aliphatic hydroxyl groups is 2. The molecule has 0 saturated carbocycles. The van der Waals surface area contributed by atoms with E-state index in [1.807, 2.05) is 6.07 Å². The Morgan fingerprint density at radius 2 is 1.88 bits per heavy atom. The normalized spacial score (nSPS) is 17.9. The average Bonchev–Trinajstić information content (AvgIpc) is 2.67. The Labute approximate surface area is 154 Å². The number of rotatable bonds is 5. The van der Waals surface area contributed by atoms with E-state index in [4.69, 9.17) is 0 Å².